The number of rotatable bonds is 8. The van der Waals surface area contributed by atoms with Crippen molar-refractivity contribution < 1.29 is 14.3 Å². The molecule has 0 fully saturated rings. The Morgan fingerprint density at radius 2 is 1.78 bits per heavy atom. The van der Waals surface area contributed by atoms with Crippen molar-refractivity contribution in [1.82, 2.24) is 5.32 Å². The lowest BCUT2D eigenvalue weighted by molar-refractivity contribution is -0.144. The first-order valence-electron chi connectivity index (χ1n) is 7.91. The van der Waals surface area contributed by atoms with Crippen molar-refractivity contribution in [2.45, 2.75) is 46.2 Å². The van der Waals surface area contributed by atoms with Gasteiger partial charge in [-0.2, -0.15) is 0 Å². The zero-order valence-corrected chi connectivity index (χ0v) is 14.6. The zero-order valence-electron chi connectivity index (χ0n) is 14.6. The van der Waals surface area contributed by atoms with Gasteiger partial charge < -0.3 is 4.74 Å². The number of nitrogens with one attached hydrogen (secondary N) is 1. The number of hydrogen-bond acceptors (Lipinski definition) is 4. The van der Waals surface area contributed by atoms with Crippen LogP contribution < -0.4 is 5.32 Å². The van der Waals surface area contributed by atoms with Gasteiger partial charge in [0.1, 0.15) is 6.04 Å². The lowest BCUT2D eigenvalue weighted by atomic mass is 9.96. The molecule has 0 saturated heterocycles. The van der Waals surface area contributed by atoms with Crippen molar-refractivity contribution in [3.8, 4) is 0 Å². The van der Waals surface area contributed by atoms with E-state index in [1.54, 1.807) is 6.08 Å². The molecule has 2 atom stereocenters. The van der Waals surface area contributed by atoms with E-state index >= 15 is 0 Å². The Labute approximate surface area is 138 Å². The molecule has 1 rings (SSSR count). The van der Waals surface area contributed by atoms with Crippen molar-refractivity contribution in [2.24, 2.45) is 5.92 Å². The van der Waals surface area contributed by atoms with Gasteiger partial charge in [0, 0.05) is 12.5 Å². The van der Waals surface area contributed by atoms with E-state index in [0.29, 0.717) is 6.42 Å². The molecule has 0 aliphatic heterocycles. The summed E-state index contributed by atoms with van der Waals surface area (Å²) in [5.74, 6) is -0.207. The number of esters is 1. The molecule has 4 nitrogen and oxygen atoms in total. The first kappa shape index (κ1) is 19.1. The highest BCUT2D eigenvalue weighted by Crippen LogP contribution is 2.20. The number of allylic oxidation sites excluding steroid dienone is 2. The summed E-state index contributed by atoms with van der Waals surface area (Å²) in [6.07, 6.45) is 1.94. The van der Waals surface area contributed by atoms with E-state index in [-0.39, 0.29) is 23.7 Å². The highest BCUT2D eigenvalue weighted by Gasteiger charge is 2.27. The second-order valence-electron chi connectivity index (χ2n) is 6.27. The largest absolute Gasteiger partial charge is 0.468 e. The molecule has 1 aromatic carbocycles. The Morgan fingerprint density at radius 3 is 2.26 bits per heavy atom. The minimum atomic E-state index is -0.454. The summed E-state index contributed by atoms with van der Waals surface area (Å²) in [6.45, 7) is 7.70. The number of benzene rings is 1. The van der Waals surface area contributed by atoms with Crippen LogP contribution in [0.3, 0.4) is 0 Å². The maximum Gasteiger partial charge on any atom is 0.323 e. The van der Waals surface area contributed by atoms with E-state index in [1.165, 1.54) is 7.11 Å². The van der Waals surface area contributed by atoms with Crippen LogP contribution in [0.25, 0.3) is 0 Å². The van der Waals surface area contributed by atoms with Crippen LogP contribution in [0.2, 0.25) is 0 Å². The average Bonchev–Trinajstić information content (AvgIpc) is 2.50. The van der Waals surface area contributed by atoms with Crippen molar-refractivity contribution in [3.05, 3.63) is 47.5 Å². The summed E-state index contributed by atoms with van der Waals surface area (Å²) >= 11 is 0. The van der Waals surface area contributed by atoms with Gasteiger partial charge >= 0.3 is 5.97 Å². The minimum Gasteiger partial charge on any atom is -0.468 e. The van der Waals surface area contributed by atoms with Crippen LogP contribution in [0, 0.1) is 5.92 Å². The normalized spacial score (nSPS) is 13.3. The second kappa shape index (κ2) is 9.26. The number of ether oxygens (including phenoxy) is 1. The van der Waals surface area contributed by atoms with E-state index in [0.717, 1.165) is 11.1 Å². The molecule has 0 radical (unpaired) electrons. The standard InChI is InChI=1S/C19H27NO3/c1-13(2)11-16(21)12-17(15-9-7-6-8-10-15)20-18(14(3)4)19(22)23-5/h6-11,14,17-18,20H,12H2,1-5H3/t17?,18-/m0/s1. The predicted octanol–water partition coefficient (Wildman–Crippen LogP) is 3.44. The van der Waals surface area contributed by atoms with Crippen LogP contribution in [0.4, 0.5) is 0 Å². The Hall–Kier alpha value is -1.94. The fourth-order valence-corrected chi connectivity index (χ4v) is 2.42. The fourth-order valence-electron chi connectivity index (χ4n) is 2.42. The van der Waals surface area contributed by atoms with E-state index in [4.69, 9.17) is 4.74 Å². The van der Waals surface area contributed by atoms with Crippen LogP contribution in [-0.4, -0.2) is 24.9 Å². The third-order valence-electron chi connectivity index (χ3n) is 3.56. The monoisotopic (exact) mass is 317 g/mol. The molecule has 0 bridgehead atoms. The molecule has 126 valence electrons. The smallest absolute Gasteiger partial charge is 0.323 e. The van der Waals surface area contributed by atoms with Crippen LogP contribution in [0.1, 0.15) is 45.7 Å². The predicted molar refractivity (Wildman–Crippen MR) is 92.0 cm³/mol. The molecule has 0 saturated carbocycles. The van der Waals surface area contributed by atoms with Gasteiger partial charge in [-0.25, -0.2) is 0 Å². The maximum atomic E-state index is 12.2. The molecule has 0 spiro atoms. The fraction of sp³-hybridized carbons (Fsp3) is 0.474. The SMILES string of the molecule is COC(=O)[C@@H](NC(CC(=O)C=C(C)C)c1ccccc1)C(C)C. The first-order chi connectivity index (χ1) is 10.8. The maximum absolute atomic E-state index is 12.2. The van der Waals surface area contributed by atoms with E-state index in [9.17, 15) is 9.59 Å². The second-order valence-corrected chi connectivity index (χ2v) is 6.27. The number of ketones is 1. The molecule has 0 aromatic heterocycles. The van der Waals surface area contributed by atoms with Crippen LogP contribution in [0.5, 0.6) is 0 Å². The Kier molecular flexibility index (Phi) is 7.69. The Morgan fingerprint density at radius 1 is 1.17 bits per heavy atom. The molecule has 0 heterocycles. The summed E-state index contributed by atoms with van der Waals surface area (Å²) in [4.78, 5) is 24.2. The van der Waals surface area contributed by atoms with Crippen LogP contribution >= 0.6 is 0 Å². The minimum absolute atomic E-state index is 0.0405. The van der Waals surface area contributed by atoms with Crippen molar-refractivity contribution in [2.75, 3.05) is 7.11 Å². The Bertz CT molecular complexity index is 545. The molecule has 4 heteroatoms. The third-order valence-corrected chi connectivity index (χ3v) is 3.56. The van der Waals surface area contributed by atoms with Crippen molar-refractivity contribution >= 4 is 11.8 Å². The van der Waals surface area contributed by atoms with Crippen molar-refractivity contribution in [1.29, 1.82) is 0 Å². The molecule has 0 aliphatic rings. The average molecular weight is 317 g/mol. The topological polar surface area (TPSA) is 55.4 Å². The molecule has 1 N–H and O–H groups in total. The molecule has 1 unspecified atom stereocenters. The molecule has 0 amide bonds. The summed E-state index contributed by atoms with van der Waals surface area (Å²) in [6, 6.07) is 9.02. The zero-order chi connectivity index (χ0) is 17.4. The van der Waals surface area contributed by atoms with Crippen LogP contribution in [0.15, 0.2) is 42.0 Å². The van der Waals surface area contributed by atoms with E-state index < -0.39 is 6.04 Å². The molecule has 0 aliphatic carbocycles. The quantitative estimate of drug-likeness (QED) is 0.589. The van der Waals surface area contributed by atoms with Gasteiger partial charge in [-0.15, -0.1) is 0 Å². The van der Waals surface area contributed by atoms with Gasteiger partial charge in [0.2, 0.25) is 0 Å². The lowest BCUT2D eigenvalue weighted by Gasteiger charge is -2.26. The molecule has 1 aromatic rings. The number of carbonyl (C=O) groups excluding carboxylic acids is 2. The molecular formula is C19H27NO3. The first-order valence-corrected chi connectivity index (χ1v) is 7.91. The van der Waals surface area contributed by atoms with Gasteiger partial charge in [-0.1, -0.05) is 49.8 Å². The molecular weight excluding hydrogens is 290 g/mol. The van der Waals surface area contributed by atoms with E-state index in [1.807, 2.05) is 58.0 Å². The molecule has 23 heavy (non-hydrogen) atoms. The van der Waals surface area contributed by atoms with Gasteiger partial charge in [-0.05, 0) is 31.4 Å². The number of carbonyl (C=O) groups is 2. The summed E-state index contributed by atoms with van der Waals surface area (Å²) in [7, 11) is 1.38. The van der Waals surface area contributed by atoms with Crippen LogP contribution in [-0.2, 0) is 14.3 Å². The summed E-state index contributed by atoms with van der Waals surface area (Å²) in [5, 5.41) is 3.30. The third kappa shape index (κ3) is 6.37. The highest BCUT2D eigenvalue weighted by atomic mass is 16.5. The lowest BCUT2D eigenvalue weighted by Crippen LogP contribution is -2.44. The number of hydrogen-bond donors (Lipinski definition) is 1. The highest BCUT2D eigenvalue weighted by molar-refractivity contribution is 5.90. The van der Waals surface area contributed by atoms with Gasteiger partial charge in [0.05, 0.1) is 7.11 Å². The Balaban J connectivity index is 3.02. The van der Waals surface area contributed by atoms with Gasteiger partial charge in [0.25, 0.3) is 0 Å². The summed E-state index contributed by atoms with van der Waals surface area (Å²) in [5.41, 5.74) is 1.95. The van der Waals surface area contributed by atoms with Gasteiger partial charge in [0.15, 0.2) is 5.78 Å². The van der Waals surface area contributed by atoms with Gasteiger partial charge in [-0.3, -0.25) is 14.9 Å². The summed E-state index contributed by atoms with van der Waals surface area (Å²) < 4.78 is 4.88. The van der Waals surface area contributed by atoms with Crippen molar-refractivity contribution in [3.63, 3.8) is 0 Å². The number of methoxy groups -OCH3 is 1. The van der Waals surface area contributed by atoms with E-state index in [2.05, 4.69) is 5.32 Å².